The normalized spacial score (nSPS) is 32.4. The van der Waals surface area contributed by atoms with Gasteiger partial charge >= 0.3 is 0 Å². The van der Waals surface area contributed by atoms with Crippen molar-refractivity contribution in [1.29, 1.82) is 0 Å². The first-order valence-electron chi connectivity index (χ1n) is 7.57. The summed E-state index contributed by atoms with van der Waals surface area (Å²) in [6.45, 7) is 1.37. The van der Waals surface area contributed by atoms with Crippen LogP contribution >= 0.6 is 11.6 Å². The number of fused-ring (bicyclic) bond motifs is 2. The molecular formula is C16H20ClNO2. The van der Waals surface area contributed by atoms with Crippen LogP contribution in [0.4, 0.5) is 0 Å². The Morgan fingerprint density at radius 2 is 1.70 bits per heavy atom. The van der Waals surface area contributed by atoms with Gasteiger partial charge in [-0.1, -0.05) is 11.6 Å². The van der Waals surface area contributed by atoms with Gasteiger partial charge in [-0.25, -0.2) is 0 Å². The highest BCUT2D eigenvalue weighted by molar-refractivity contribution is 6.31. The minimum Gasteiger partial charge on any atom is -0.490 e. The van der Waals surface area contributed by atoms with Gasteiger partial charge in [0.15, 0.2) is 11.5 Å². The van der Waals surface area contributed by atoms with E-state index in [1.54, 1.807) is 0 Å². The van der Waals surface area contributed by atoms with E-state index in [1.165, 1.54) is 19.3 Å². The van der Waals surface area contributed by atoms with Crippen LogP contribution in [0.15, 0.2) is 12.1 Å². The fourth-order valence-corrected chi connectivity index (χ4v) is 4.04. The molecule has 2 N–H and O–H groups in total. The van der Waals surface area contributed by atoms with Crippen molar-refractivity contribution in [2.45, 2.75) is 31.7 Å². The minimum atomic E-state index is 0.0208. The third-order valence-electron chi connectivity index (χ3n) is 5.01. The summed E-state index contributed by atoms with van der Waals surface area (Å²) < 4.78 is 11.4. The van der Waals surface area contributed by atoms with Crippen LogP contribution in [-0.2, 0) is 0 Å². The molecule has 0 radical (unpaired) electrons. The molecule has 3 unspecified atom stereocenters. The summed E-state index contributed by atoms with van der Waals surface area (Å²) in [5.74, 6) is 3.98. The molecule has 0 spiro atoms. The van der Waals surface area contributed by atoms with Gasteiger partial charge in [-0.05, 0) is 48.6 Å². The second kappa shape index (κ2) is 4.81. The predicted octanol–water partition coefficient (Wildman–Crippen LogP) is 3.55. The number of hydrogen-bond donors (Lipinski definition) is 1. The average Bonchev–Trinajstić information content (AvgIpc) is 3.12. The number of rotatable bonds is 2. The second-order valence-electron chi connectivity index (χ2n) is 6.38. The van der Waals surface area contributed by atoms with Crippen LogP contribution in [0, 0.1) is 17.8 Å². The van der Waals surface area contributed by atoms with Gasteiger partial charge in [0.05, 0.1) is 13.2 Å². The molecule has 1 aromatic carbocycles. The molecule has 0 aromatic heterocycles. The summed E-state index contributed by atoms with van der Waals surface area (Å²) in [5, 5.41) is 0.710. The number of halogens is 1. The van der Waals surface area contributed by atoms with Crippen molar-refractivity contribution in [2.75, 3.05) is 13.2 Å². The number of hydrogen-bond acceptors (Lipinski definition) is 3. The summed E-state index contributed by atoms with van der Waals surface area (Å²) >= 11 is 6.42. The molecule has 0 bridgehead atoms. The molecule has 0 saturated heterocycles. The number of benzene rings is 1. The maximum atomic E-state index is 6.48. The zero-order valence-electron chi connectivity index (χ0n) is 11.5. The number of ether oxygens (including phenoxy) is 2. The van der Waals surface area contributed by atoms with E-state index in [2.05, 4.69) is 0 Å². The van der Waals surface area contributed by atoms with E-state index in [0.29, 0.717) is 24.2 Å². The van der Waals surface area contributed by atoms with Crippen molar-refractivity contribution in [2.24, 2.45) is 23.5 Å². The van der Waals surface area contributed by atoms with Crippen LogP contribution in [0.1, 0.15) is 37.3 Å². The molecule has 1 aliphatic heterocycles. The van der Waals surface area contributed by atoms with Crippen molar-refractivity contribution < 1.29 is 9.47 Å². The standard InChI is InChI=1S/C16H20ClNO2/c17-13-8-15-14(19-2-1-3-20-15)7-12(13)16(18)11-5-9-4-10(9)6-11/h7-11,16H,1-6,18H2. The molecule has 2 fully saturated rings. The van der Waals surface area contributed by atoms with E-state index >= 15 is 0 Å². The van der Waals surface area contributed by atoms with E-state index < -0.39 is 0 Å². The molecule has 1 aromatic rings. The molecule has 3 aliphatic rings. The SMILES string of the molecule is NC(c1cc2c(cc1Cl)OCCCO2)C1CC2CC2C1. The maximum absolute atomic E-state index is 6.48. The Kier molecular flexibility index (Phi) is 3.08. The Morgan fingerprint density at radius 1 is 1.05 bits per heavy atom. The lowest BCUT2D eigenvalue weighted by Crippen LogP contribution is -2.21. The summed E-state index contributed by atoms with van der Waals surface area (Å²) in [6, 6.07) is 3.89. The quantitative estimate of drug-likeness (QED) is 0.907. The predicted molar refractivity (Wildman–Crippen MR) is 78.3 cm³/mol. The molecule has 1 heterocycles. The molecule has 108 valence electrons. The topological polar surface area (TPSA) is 44.5 Å². The third kappa shape index (κ3) is 2.17. The van der Waals surface area contributed by atoms with Gasteiger partial charge in [0, 0.05) is 23.6 Å². The molecule has 2 aliphatic carbocycles. The fourth-order valence-electron chi connectivity index (χ4n) is 3.76. The average molecular weight is 294 g/mol. The zero-order chi connectivity index (χ0) is 13.7. The van der Waals surface area contributed by atoms with Gasteiger partial charge in [0.1, 0.15) is 0 Å². The lowest BCUT2D eigenvalue weighted by atomic mass is 9.89. The van der Waals surface area contributed by atoms with Crippen LogP contribution in [0.25, 0.3) is 0 Å². The number of nitrogens with two attached hydrogens (primary N) is 1. The molecular weight excluding hydrogens is 274 g/mol. The van der Waals surface area contributed by atoms with Crippen molar-refractivity contribution in [3.63, 3.8) is 0 Å². The molecule has 4 rings (SSSR count). The molecule has 3 nitrogen and oxygen atoms in total. The van der Waals surface area contributed by atoms with Crippen LogP contribution < -0.4 is 15.2 Å². The minimum absolute atomic E-state index is 0.0208. The maximum Gasteiger partial charge on any atom is 0.162 e. The zero-order valence-corrected chi connectivity index (χ0v) is 12.2. The summed E-state index contributed by atoms with van der Waals surface area (Å²) in [7, 11) is 0. The first kappa shape index (κ1) is 12.8. The lowest BCUT2D eigenvalue weighted by Gasteiger charge is -2.23. The van der Waals surface area contributed by atoms with Gasteiger partial charge in [0.2, 0.25) is 0 Å². The van der Waals surface area contributed by atoms with Gasteiger partial charge in [-0.3, -0.25) is 0 Å². The smallest absolute Gasteiger partial charge is 0.162 e. The largest absolute Gasteiger partial charge is 0.490 e. The van der Waals surface area contributed by atoms with Crippen LogP contribution in [0.3, 0.4) is 0 Å². The van der Waals surface area contributed by atoms with Crippen LogP contribution in [-0.4, -0.2) is 13.2 Å². The Hall–Kier alpha value is -0.930. The van der Waals surface area contributed by atoms with Crippen molar-refractivity contribution in [3.05, 3.63) is 22.7 Å². The first-order valence-corrected chi connectivity index (χ1v) is 7.95. The summed E-state index contributed by atoms with van der Waals surface area (Å²) in [6.07, 6.45) is 4.84. The Labute approximate surface area is 124 Å². The summed E-state index contributed by atoms with van der Waals surface area (Å²) in [5.41, 5.74) is 7.49. The van der Waals surface area contributed by atoms with Gasteiger partial charge in [-0.2, -0.15) is 0 Å². The van der Waals surface area contributed by atoms with E-state index in [0.717, 1.165) is 35.3 Å². The van der Waals surface area contributed by atoms with Gasteiger partial charge in [0.25, 0.3) is 0 Å². The van der Waals surface area contributed by atoms with Crippen LogP contribution in [0.2, 0.25) is 5.02 Å². The molecule has 0 amide bonds. The third-order valence-corrected chi connectivity index (χ3v) is 5.34. The molecule has 2 saturated carbocycles. The lowest BCUT2D eigenvalue weighted by molar-refractivity contribution is 0.296. The molecule has 20 heavy (non-hydrogen) atoms. The monoisotopic (exact) mass is 293 g/mol. The van der Waals surface area contributed by atoms with E-state index in [9.17, 15) is 0 Å². The van der Waals surface area contributed by atoms with Gasteiger partial charge in [-0.15, -0.1) is 0 Å². The van der Waals surface area contributed by atoms with Gasteiger partial charge < -0.3 is 15.2 Å². The Morgan fingerprint density at radius 3 is 2.40 bits per heavy atom. The van der Waals surface area contributed by atoms with E-state index in [1.807, 2.05) is 12.1 Å². The highest BCUT2D eigenvalue weighted by Gasteiger charge is 2.47. The van der Waals surface area contributed by atoms with Crippen LogP contribution in [0.5, 0.6) is 11.5 Å². The van der Waals surface area contributed by atoms with Crippen molar-refractivity contribution >= 4 is 11.6 Å². The summed E-state index contributed by atoms with van der Waals surface area (Å²) in [4.78, 5) is 0. The van der Waals surface area contributed by atoms with Crippen molar-refractivity contribution in [1.82, 2.24) is 0 Å². The molecule has 3 atom stereocenters. The van der Waals surface area contributed by atoms with E-state index in [-0.39, 0.29) is 6.04 Å². The fraction of sp³-hybridized carbons (Fsp3) is 0.625. The first-order chi connectivity index (χ1) is 9.72. The second-order valence-corrected chi connectivity index (χ2v) is 6.79. The Balaban J connectivity index is 1.61. The highest BCUT2D eigenvalue weighted by Crippen LogP contribution is 2.57. The Bertz CT molecular complexity index is 523. The molecule has 4 heteroatoms. The highest BCUT2D eigenvalue weighted by atomic mass is 35.5. The van der Waals surface area contributed by atoms with E-state index in [4.69, 9.17) is 26.8 Å². The van der Waals surface area contributed by atoms with Crippen molar-refractivity contribution in [3.8, 4) is 11.5 Å².